The SMILES string of the molecule is CCOC(=O)CCC(=O)Nc1cc(C)c(C(=O)OCC)s1. The Morgan fingerprint density at radius 3 is 2.43 bits per heavy atom. The molecule has 0 fully saturated rings. The van der Waals surface area contributed by atoms with Crippen LogP contribution in [0.1, 0.15) is 41.9 Å². The largest absolute Gasteiger partial charge is 0.466 e. The molecule has 0 unspecified atom stereocenters. The Bertz CT molecular complexity index is 523. The molecule has 1 N–H and O–H groups in total. The Labute approximate surface area is 127 Å². The molecule has 0 saturated carbocycles. The van der Waals surface area contributed by atoms with Crippen LogP contribution in [0, 0.1) is 6.92 Å². The summed E-state index contributed by atoms with van der Waals surface area (Å²) >= 11 is 1.16. The summed E-state index contributed by atoms with van der Waals surface area (Å²) in [6.07, 6.45) is 0.0826. The molecule has 0 spiro atoms. The van der Waals surface area contributed by atoms with E-state index in [0.29, 0.717) is 23.1 Å². The number of nitrogens with one attached hydrogen (secondary N) is 1. The predicted octanol–water partition coefficient (Wildman–Crippen LogP) is 2.52. The quantitative estimate of drug-likeness (QED) is 0.782. The molecule has 0 aromatic carbocycles. The average Bonchev–Trinajstić information content (AvgIpc) is 2.78. The van der Waals surface area contributed by atoms with E-state index in [9.17, 15) is 14.4 Å². The van der Waals surface area contributed by atoms with E-state index in [1.807, 2.05) is 0 Å². The topological polar surface area (TPSA) is 81.7 Å². The van der Waals surface area contributed by atoms with Gasteiger partial charge in [-0.1, -0.05) is 0 Å². The number of rotatable bonds is 7. The fourth-order valence-electron chi connectivity index (χ4n) is 1.59. The van der Waals surface area contributed by atoms with Crippen molar-refractivity contribution in [1.29, 1.82) is 0 Å². The highest BCUT2D eigenvalue weighted by molar-refractivity contribution is 7.18. The fourth-order valence-corrected chi connectivity index (χ4v) is 2.57. The molecular weight excluding hydrogens is 294 g/mol. The Balaban J connectivity index is 2.55. The van der Waals surface area contributed by atoms with Crippen molar-refractivity contribution in [2.24, 2.45) is 0 Å². The van der Waals surface area contributed by atoms with Gasteiger partial charge in [0.15, 0.2) is 0 Å². The summed E-state index contributed by atoms with van der Waals surface area (Å²) in [6, 6.07) is 1.71. The maximum Gasteiger partial charge on any atom is 0.348 e. The Morgan fingerprint density at radius 1 is 1.14 bits per heavy atom. The maximum absolute atomic E-state index is 11.7. The van der Waals surface area contributed by atoms with Gasteiger partial charge in [-0.15, -0.1) is 11.3 Å². The summed E-state index contributed by atoms with van der Waals surface area (Å²) in [5, 5.41) is 3.22. The summed E-state index contributed by atoms with van der Waals surface area (Å²) in [5.41, 5.74) is 0.749. The number of esters is 2. The van der Waals surface area contributed by atoms with E-state index in [1.54, 1.807) is 26.8 Å². The third-order valence-corrected chi connectivity index (χ3v) is 3.64. The first kappa shape index (κ1) is 17.2. The van der Waals surface area contributed by atoms with Gasteiger partial charge in [0.2, 0.25) is 5.91 Å². The van der Waals surface area contributed by atoms with Crippen LogP contribution in [0.3, 0.4) is 0 Å². The van der Waals surface area contributed by atoms with E-state index >= 15 is 0 Å². The molecule has 0 radical (unpaired) electrons. The third-order valence-electron chi connectivity index (χ3n) is 2.50. The molecule has 1 rings (SSSR count). The number of carbonyl (C=O) groups excluding carboxylic acids is 3. The first-order valence-corrected chi connectivity index (χ1v) is 7.52. The lowest BCUT2D eigenvalue weighted by atomic mass is 10.3. The Morgan fingerprint density at radius 2 is 1.81 bits per heavy atom. The highest BCUT2D eigenvalue weighted by Gasteiger charge is 2.16. The van der Waals surface area contributed by atoms with Crippen LogP contribution in [0.2, 0.25) is 0 Å². The number of carbonyl (C=O) groups is 3. The van der Waals surface area contributed by atoms with E-state index in [0.717, 1.165) is 16.9 Å². The molecule has 0 atom stereocenters. The van der Waals surface area contributed by atoms with Crippen LogP contribution in [0.15, 0.2) is 6.07 Å². The second-order valence-corrected chi connectivity index (χ2v) is 5.25. The number of hydrogen-bond donors (Lipinski definition) is 1. The number of anilines is 1. The molecule has 116 valence electrons. The average molecular weight is 313 g/mol. The zero-order valence-electron chi connectivity index (χ0n) is 12.4. The monoisotopic (exact) mass is 313 g/mol. The third kappa shape index (κ3) is 5.55. The van der Waals surface area contributed by atoms with Crippen LogP contribution in [-0.2, 0) is 19.1 Å². The molecular formula is C14H19NO5S. The number of amides is 1. The van der Waals surface area contributed by atoms with Crippen LogP contribution in [0.5, 0.6) is 0 Å². The van der Waals surface area contributed by atoms with E-state index in [2.05, 4.69) is 5.32 Å². The molecule has 0 bridgehead atoms. The molecule has 0 aliphatic carbocycles. The number of aryl methyl sites for hydroxylation is 1. The molecule has 21 heavy (non-hydrogen) atoms. The van der Waals surface area contributed by atoms with Gasteiger partial charge in [-0.05, 0) is 32.4 Å². The minimum absolute atomic E-state index is 0.0365. The summed E-state index contributed by atoms with van der Waals surface area (Å²) in [4.78, 5) is 35.0. The van der Waals surface area contributed by atoms with Gasteiger partial charge in [-0.25, -0.2) is 4.79 Å². The molecule has 1 aromatic rings. The first-order chi connectivity index (χ1) is 9.97. The van der Waals surface area contributed by atoms with Gasteiger partial charge in [0.1, 0.15) is 4.88 Å². The Hall–Kier alpha value is -1.89. The van der Waals surface area contributed by atoms with Crippen molar-refractivity contribution in [2.75, 3.05) is 18.5 Å². The van der Waals surface area contributed by atoms with Crippen LogP contribution >= 0.6 is 11.3 Å². The van der Waals surface area contributed by atoms with Gasteiger partial charge in [-0.3, -0.25) is 9.59 Å². The van der Waals surface area contributed by atoms with Gasteiger partial charge < -0.3 is 14.8 Å². The van der Waals surface area contributed by atoms with E-state index in [1.165, 1.54) is 0 Å². The van der Waals surface area contributed by atoms with Crippen molar-refractivity contribution in [2.45, 2.75) is 33.6 Å². The normalized spacial score (nSPS) is 10.0. The van der Waals surface area contributed by atoms with Crippen LogP contribution in [0.25, 0.3) is 0 Å². The Kier molecular flexibility index (Phi) is 6.87. The van der Waals surface area contributed by atoms with Crippen molar-refractivity contribution in [3.05, 3.63) is 16.5 Å². The van der Waals surface area contributed by atoms with Gasteiger partial charge in [0.05, 0.1) is 24.6 Å². The molecule has 0 aliphatic rings. The summed E-state index contributed by atoms with van der Waals surface area (Å²) in [6.45, 7) is 5.82. The van der Waals surface area contributed by atoms with Crippen molar-refractivity contribution in [3.8, 4) is 0 Å². The summed E-state index contributed by atoms with van der Waals surface area (Å²) < 4.78 is 9.68. The smallest absolute Gasteiger partial charge is 0.348 e. The molecule has 0 saturated heterocycles. The van der Waals surface area contributed by atoms with Gasteiger partial charge in [0.25, 0.3) is 0 Å². The molecule has 1 amide bonds. The predicted molar refractivity (Wildman–Crippen MR) is 79.5 cm³/mol. The second kappa shape index (κ2) is 8.41. The second-order valence-electron chi connectivity index (χ2n) is 4.20. The number of hydrogen-bond acceptors (Lipinski definition) is 6. The van der Waals surface area contributed by atoms with Crippen molar-refractivity contribution < 1.29 is 23.9 Å². The van der Waals surface area contributed by atoms with Crippen LogP contribution in [0.4, 0.5) is 5.00 Å². The molecule has 6 nitrogen and oxygen atoms in total. The zero-order valence-corrected chi connectivity index (χ0v) is 13.2. The standard InChI is InChI=1S/C14H19NO5S/c1-4-19-12(17)7-6-10(16)15-11-8-9(3)13(21-11)14(18)20-5-2/h8H,4-7H2,1-3H3,(H,15,16). The molecule has 1 aromatic heterocycles. The lowest BCUT2D eigenvalue weighted by Gasteiger charge is -2.02. The first-order valence-electron chi connectivity index (χ1n) is 6.70. The van der Waals surface area contributed by atoms with Crippen molar-refractivity contribution >= 4 is 34.2 Å². The lowest BCUT2D eigenvalue weighted by molar-refractivity contribution is -0.144. The maximum atomic E-state index is 11.7. The molecule has 0 aliphatic heterocycles. The minimum atomic E-state index is -0.401. The lowest BCUT2D eigenvalue weighted by Crippen LogP contribution is -2.13. The summed E-state index contributed by atoms with van der Waals surface area (Å²) in [5.74, 6) is -1.09. The van der Waals surface area contributed by atoms with Crippen LogP contribution < -0.4 is 5.32 Å². The van der Waals surface area contributed by atoms with Crippen molar-refractivity contribution in [3.63, 3.8) is 0 Å². The van der Waals surface area contributed by atoms with Crippen molar-refractivity contribution in [1.82, 2.24) is 0 Å². The molecule has 7 heteroatoms. The number of ether oxygens (including phenoxy) is 2. The minimum Gasteiger partial charge on any atom is -0.466 e. The zero-order chi connectivity index (χ0) is 15.8. The highest BCUT2D eigenvalue weighted by atomic mass is 32.1. The van der Waals surface area contributed by atoms with Crippen LogP contribution in [-0.4, -0.2) is 31.1 Å². The highest BCUT2D eigenvalue weighted by Crippen LogP contribution is 2.27. The van der Waals surface area contributed by atoms with E-state index in [4.69, 9.17) is 9.47 Å². The van der Waals surface area contributed by atoms with Gasteiger partial charge in [0, 0.05) is 6.42 Å². The van der Waals surface area contributed by atoms with E-state index < -0.39 is 11.9 Å². The van der Waals surface area contributed by atoms with Gasteiger partial charge >= 0.3 is 11.9 Å². The fraction of sp³-hybridized carbons (Fsp3) is 0.500. The van der Waals surface area contributed by atoms with E-state index in [-0.39, 0.29) is 18.7 Å². The molecule has 1 heterocycles. The van der Waals surface area contributed by atoms with Gasteiger partial charge in [-0.2, -0.15) is 0 Å². The summed E-state index contributed by atoms with van der Waals surface area (Å²) in [7, 11) is 0. The number of thiophene rings is 1.